The van der Waals surface area contributed by atoms with Crippen LogP contribution in [-0.2, 0) is 57.6 Å². The van der Waals surface area contributed by atoms with Crippen molar-refractivity contribution in [3.05, 3.63) is 60.2 Å². The van der Waals surface area contributed by atoms with Crippen LogP contribution in [0.2, 0.25) is 0 Å². The molecule has 1 aromatic carbocycles. The summed E-state index contributed by atoms with van der Waals surface area (Å²) in [5.41, 5.74) is 0.278. The summed E-state index contributed by atoms with van der Waals surface area (Å²) in [6, 6.07) is 7.33. The van der Waals surface area contributed by atoms with E-state index in [1.165, 1.54) is 155 Å². The zero-order valence-electron chi connectivity index (χ0n) is 46.8. The molecule has 2 fully saturated rings. The van der Waals surface area contributed by atoms with Crippen molar-refractivity contribution in [2.45, 2.75) is 282 Å². The van der Waals surface area contributed by atoms with E-state index in [4.69, 9.17) is 27.9 Å². The number of ether oxygens (including phenoxy) is 5. The normalized spacial score (nSPS) is 20.5. The molecule has 0 aliphatic carbocycles. The van der Waals surface area contributed by atoms with Crippen molar-refractivity contribution in [2.24, 2.45) is 0 Å². The minimum Gasteiger partial charge on any atom is -0.452 e. The van der Waals surface area contributed by atoms with Gasteiger partial charge in [0.25, 0.3) is 0 Å². The van der Waals surface area contributed by atoms with Gasteiger partial charge in [-0.3, -0.25) is 13.9 Å². The van der Waals surface area contributed by atoms with Crippen molar-refractivity contribution in [3.63, 3.8) is 0 Å². The number of carbonyl (C=O) groups excluding carboxylic acids is 2. The summed E-state index contributed by atoms with van der Waals surface area (Å²) in [6.07, 6.45) is 36.5. The molecule has 0 aromatic heterocycles. The Balaban J connectivity index is 1.64. The van der Waals surface area contributed by atoms with Crippen molar-refractivity contribution in [2.75, 3.05) is 13.2 Å². The molecule has 2 aliphatic heterocycles. The van der Waals surface area contributed by atoms with Crippen molar-refractivity contribution in [1.29, 1.82) is 0 Å². The third kappa shape index (κ3) is 31.7. The van der Waals surface area contributed by atoms with Gasteiger partial charge in [0.1, 0.15) is 24.4 Å². The van der Waals surface area contributed by atoms with E-state index in [1.807, 2.05) is 6.08 Å². The van der Waals surface area contributed by atoms with Gasteiger partial charge in [0, 0.05) is 6.42 Å². The fraction of sp³-hybridized carbons (Fsp3) is 0.793. The van der Waals surface area contributed by atoms with Crippen LogP contribution in [0.5, 0.6) is 0 Å². The average Bonchev–Trinajstić information content (AvgIpc) is 3.71. The lowest BCUT2D eigenvalue weighted by Gasteiger charge is -2.41. The van der Waals surface area contributed by atoms with Crippen LogP contribution in [0.25, 0.3) is 0 Å². The number of fused-ring (bicyclic) bond motifs is 1. The van der Waals surface area contributed by atoms with Crippen LogP contribution < -0.4 is 5.32 Å². The summed E-state index contributed by atoms with van der Waals surface area (Å²) < 4.78 is 107. The number of hydrogen-bond acceptors (Lipinski definition) is 13. The molecule has 0 unspecified atom stereocenters. The van der Waals surface area contributed by atoms with Crippen molar-refractivity contribution in [3.8, 4) is 0 Å². The van der Waals surface area contributed by atoms with Gasteiger partial charge in [0.15, 0.2) is 18.2 Å². The number of benzene rings is 1. The summed E-state index contributed by atoms with van der Waals surface area (Å²) in [6.45, 7) is 6.27. The van der Waals surface area contributed by atoms with Crippen LogP contribution in [0.4, 0.5) is 0 Å². The first-order chi connectivity index (χ1) is 36.5. The predicted molar refractivity (Wildman–Crippen MR) is 297 cm³/mol. The zero-order valence-corrected chi connectivity index (χ0v) is 48.4. The minimum absolute atomic E-state index is 0.181. The number of esters is 1. The Morgan fingerprint density at radius 3 is 1.58 bits per heavy atom. The number of rotatable bonds is 46. The molecule has 18 heteroatoms. The Morgan fingerprint density at radius 1 is 0.632 bits per heavy atom. The summed E-state index contributed by atoms with van der Waals surface area (Å²) in [7, 11) is -10.2. The van der Waals surface area contributed by atoms with E-state index in [0.29, 0.717) is 12.8 Å². The molecule has 1 amide bonds. The topological polar surface area (TPSA) is 220 Å². The second-order valence-corrected chi connectivity index (χ2v) is 23.4. The highest BCUT2D eigenvalue weighted by Gasteiger charge is 2.58. The smallest absolute Gasteiger partial charge is 0.397 e. The molecule has 0 saturated carbocycles. The largest absolute Gasteiger partial charge is 0.452 e. The summed E-state index contributed by atoms with van der Waals surface area (Å²) in [5, 5.41) is 3.00. The van der Waals surface area contributed by atoms with Crippen LogP contribution in [0, 0.1) is 0 Å². The van der Waals surface area contributed by atoms with Crippen LogP contribution in [-0.4, -0.2) is 99.7 Å². The summed E-state index contributed by atoms with van der Waals surface area (Å²) in [5.74, 6) is -2.36. The van der Waals surface area contributed by atoms with Crippen molar-refractivity contribution in [1.82, 2.24) is 5.32 Å². The number of unbranched alkanes of at least 4 members (excludes halogenated alkanes) is 28. The first-order valence-electron chi connectivity index (χ1n) is 29.3. The van der Waals surface area contributed by atoms with Crippen molar-refractivity contribution >= 4 is 32.7 Å². The monoisotopic (exact) mass is 1110 g/mol. The average molecular weight is 1110 g/mol. The van der Waals surface area contributed by atoms with Gasteiger partial charge in [0.2, 0.25) is 5.91 Å². The quantitative estimate of drug-likeness (QED) is 0.0239. The van der Waals surface area contributed by atoms with Crippen LogP contribution in [0.1, 0.15) is 244 Å². The lowest BCUT2D eigenvalue weighted by molar-refractivity contribution is -0.277. The van der Waals surface area contributed by atoms with Gasteiger partial charge >= 0.3 is 26.8 Å². The van der Waals surface area contributed by atoms with E-state index in [1.54, 1.807) is 36.4 Å². The Kier molecular flexibility index (Phi) is 35.1. The molecule has 3 rings (SSSR count). The second kappa shape index (κ2) is 39.6. The van der Waals surface area contributed by atoms with Gasteiger partial charge in [-0.15, -0.1) is 0 Å². The molecule has 1 aromatic rings. The highest BCUT2D eigenvalue weighted by molar-refractivity contribution is 7.81. The molecule has 7 atom stereocenters. The Morgan fingerprint density at radius 2 is 1.09 bits per heavy atom. The molecule has 0 bridgehead atoms. The van der Waals surface area contributed by atoms with Crippen LogP contribution in [0.15, 0.2) is 54.6 Å². The fourth-order valence-electron chi connectivity index (χ4n) is 9.79. The first-order valence-corrected chi connectivity index (χ1v) is 32.0. The number of carbonyl (C=O) groups is 2. The maximum atomic E-state index is 13.8. The SMILES string of the molecule is CCCCCCCC/C=C\CCCCCCCCCCCCCC(=O)N[C@@H](CO[C@H]1O[C@H](COS(=O)(=O)O)[C@@H]2OC(C)(C)O[C@@H]2[C@H]1OS(=O)(=O)O)[C@@H](/C=C/CCCCCCCCCCCCC)OC(=O)c1ccccc1. The Labute approximate surface area is 458 Å². The maximum absolute atomic E-state index is 13.8. The van der Waals surface area contributed by atoms with Gasteiger partial charge in [0.05, 0.1) is 24.8 Å². The molecule has 2 aliphatic rings. The Bertz CT molecular complexity index is 1970. The molecule has 76 heavy (non-hydrogen) atoms. The van der Waals surface area contributed by atoms with E-state index in [-0.39, 0.29) is 17.9 Å². The molecule has 2 heterocycles. The van der Waals surface area contributed by atoms with E-state index < -0.39 is 88.6 Å². The molecule has 0 spiro atoms. The number of hydrogen-bond donors (Lipinski definition) is 3. The highest BCUT2D eigenvalue weighted by atomic mass is 32.3. The number of allylic oxidation sites excluding steroid dienone is 3. The maximum Gasteiger partial charge on any atom is 0.397 e. The third-order valence-electron chi connectivity index (χ3n) is 13.9. The lowest BCUT2D eigenvalue weighted by atomic mass is 9.99. The molecule has 3 N–H and O–H groups in total. The van der Waals surface area contributed by atoms with Gasteiger partial charge in [-0.2, -0.15) is 16.8 Å². The lowest BCUT2D eigenvalue weighted by Crippen LogP contribution is -2.60. The summed E-state index contributed by atoms with van der Waals surface area (Å²) in [4.78, 5) is 27.5. The van der Waals surface area contributed by atoms with Gasteiger partial charge < -0.3 is 29.0 Å². The van der Waals surface area contributed by atoms with E-state index in [9.17, 15) is 35.5 Å². The highest BCUT2D eigenvalue weighted by Crippen LogP contribution is 2.40. The molecule has 16 nitrogen and oxygen atoms in total. The van der Waals surface area contributed by atoms with Gasteiger partial charge in [-0.05, 0) is 77.0 Å². The molecule has 2 saturated heterocycles. The minimum atomic E-state index is -5.19. The molecule has 438 valence electrons. The van der Waals surface area contributed by atoms with Gasteiger partial charge in [-0.1, -0.05) is 204 Å². The predicted octanol–water partition coefficient (Wildman–Crippen LogP) is 13.6. The molecular formula is C58H99NO15S2. The van der Waals surface area contributed by atoms with E-state index in [0.717, 1.165) is 44.9 Å². The summed E-state index contributed by atoms with van der Waals surface area (Å²) >= 11 is 0. The molecular weight excluding hydrogens is 1010 g/mol. The number of nitrogens with one attached hydrogen (secondary N) is 1. The van der Waals surface area contributed by atoms with Crippen LogP contribution >= 0.6 is 0 Å². The standard InChI is InChI=1S/C58H99NO15S2/c1-5-7-9-11-13-15-17-19-20-21-22-23-24-25-26-28-30-32-34-36-41-45-52(60)59-49(46-68-57-55(74-76(65,66)67)54-53(72-58(3,4)73-54)51(71-57)47-69-75(62,63)64)50(70-56(61)48-42-38-37-39-43-48)44-40-35-33-31-29-27-18-16-14-12-10-8-6-2/h19-20,37-40,42-44,49-51,53-55,57H,5-18,21-36,41,45-47H2,1-4H3,(H,59,60)(H,62,63,64)(H,65,66,67)/b20-19-,44-40+/t49-,50+,51+,53-,54-,55+,57-/m0/s1. The second-order valence-electron chi connectivity index (χ2n) is 21.3. The fourth-order valence-corrected chi connectivity index (χ4v) is 10.6. The zero-order chi connectivity index (χ0) is 55.3. The Hall–Kier alpha value is -2.78. The van der Waals surface area contributed by atoms with Gasteiger partial charge in [-0.25, -0.2) is 13.2 Å². The van der Waals surface area contributed by atoms with Crippen LogP contribution in [0.3, 0.4) is 0 Å². The third-order valence-corrected chi connectivity index (χ3v) is 14.8. The number of amides is 1. The van der Waals surface area contributed by atoms with Crippen molar-refractivity contribution < 1.29 is 67.6 Å². The van der Waals surface area contributed by atoms with E-state index >= 15 is 0 Å². The molecule has 0 radical (unpaired) electrons. The first kappa shape index (κ1) is 67.5. The van der Waals surface area contributed by atoms with E-state index in [2.05, 4.69) is 35.5 Å².